The zero-order valence-corrected chi connectivity index (χ0v) is 9.43. The third-order valence-electron chi connectivity index (χ3n) is 3.01. The Morgan fingerprint density at radius 2 is 2.20 bits per heavy atom. The first-order valence-corrected chi connectivity index (χ1v) is 5.81. The number of aromatic hydroxyl groups is 1. The van der Waals surface area contributed by atoms with Gasteiger partial charge in [0.1, 0.15) is 5.75 Å². The number of nitrogens with one attached hydrogen (secondary N) is 1. The van der Waals surface area contributed by atoms with E-state index in [1.54, 1.807) is 12.1 Å². The Labute approximate surface area is 95.3 Å². The average molecular weight is 226 g/mol. The molecule has 1 aromatic carbocycles. The number of hydrogen-bond acceptors (Lipinski definition) is 2. The molecule has 0 aliphatic heterocycles. The van der Waals surface area contributed by atoms with Crippen molar-refractivity contribution >= 4 is 11.6 Å². The summed E-state index contributed by atoms with van der Waals surface area (Å²) in [5.41, 5.74) is 0.877. The first-order valence-electron chi connectivity index (χ1n) is 5.44. The Kier molecular flexibility index (Phi) is 3.49. The highest BCUT2D eigenvalue weighted by atomic mass is 35.5. The molecule has 0 aromatic heterocycles. The molecule has 0 saturated heterocycles. The van der Waals surface area contributed by atoms with Gasteiger partial charge in [0.2, 0.25) is 0 Å². The van der Waals surface area contributed by atoms with Gasteiger partial charge >= 0.3 is 0 Å². The molecule has 82 valence electrons. The predicted octanol–water partition coefficient (Wildman–Crippen LogP) is 2.94. The van der Waals surface area contributed by atoms with Gasteiger partial charge in [-0.05, 0) is 43.5 Å². The lowest BCUT2D eigenvalue weighted by molar-refractivity contribution is 0.300. The quantitative estimate of drug-likeness (QED) is 0.826. The number of benzene rings is 1. The highest BCUT2D eigenvalue weighted by Crippen LogP contribution is 2.26. The van der Waals surface area contributed by atoms with E-state index in [1.165, 1.54) is 19.3 Å². The molecule has 1 aliphatic carbocycles. The minimum Gasteiger partial charge on any atom is -0.508 e. The summed E-state index contributed by atoms with van der Waals surface area (Å²) in [5.74, 6) is 1.16. The van der Waals surface area contributed by atoms with E-state index >= 15 is 0 Å². The molecular formula is C12H16ClNO. The van der Waals surface area contributed by atoms with Crippen LogP contribution in [0.2, 0.25) is 5.02 Å². The normalized spacial score (nSPS) is 16.3. The molecule has 0 bridgehead atoms. The molecule has 1 aromatic rings. The Morgan fingerprint density at radius 1 is 1.40 bits per heavy atom. The van der Waals surface area contributed by atoms with Crippen molar-refractivity contribution in [2.75, 3.05) is 6.54 Å². The second-order valence-electron chi connectivity index (χ2n) is 4.20. The van der Waals surface area contributed by atoms with Crippen molar-refractivity contribution in [2.45, 2.75) is 25.8 Å². The second kappa shape index (κ2) is 4.86. The molecule has 0 unspecified atom stereocenters. The van der Waals surface area contributed by atoms with Crippen LogP contribution in [-0.4, -0.2) is 11.7 Å². The van der Waals surface area contributed by atoms with Crippen molar-refractivity contribution in [1.29, 1.82) is 0 Å². The maximum atomic E-state index is 9.57. The Hall–Kier alpha value is -0.730. The highest BCUT2D eigenvalue weighted by molar-refractivity contribution is 6.30. The molecular weight excluding hydrogens is 210 g/mol. The average Bonchev–Trinajstić information content (AvgIpc) is 2.15. The smallest absolute Gasteiger partial charge is 0.120 e. The van der Waals surface area contributed by atoms with Crippen LogP contribution in [0.15, 0.2) is 18.2 Å². The summed E-state index contributed by atoms with van der Waals surface area (Å²) in [6.07, 6.45) is 4.05. The molecule has 1 aliphatic rings. The fraction of sp³-hybridized carbons (Fsp3) is 0.500. The Balaban J connectivity index is 1.83. The van der Waals surface area contributed by atoms with Gasteiger partial charge in [0.25, 0.3) is 0 Å². The zero-order chi connectivity index (χ0) is 10.7. The summed E-state index contributed by atoms with van der Waals surface area (Å²) in [5, 5.41) is 13.6. The van der Waals surface area contributed by atoms with Gasteiger partial charge in [-0.25, -0.2) is 0 Å². The van der Waals surface area contributed by atoms with E-state index in [9.17, 15) is 5.11 Å². The third kappa shape index (κ3) is 2.86. The standard InChI is InChI=1S/C12H16ClNO/c13-11-4-5-12(15)10(6-11)8-14-7-9-2-1-3-9/h4-6,9,14-15H,1-3,7-8H2. The third-order valence-corrected chi connectivity index (χ3v) is 3.25. The van der Waals surface area contributed by atoms with E-state index in [-0.39, 0.29) is 0 Å². The first-order chi connectivity index (χ1) is 7.25. The highest BCUT2D eigenvalue weighted by Gasteiger charge is 2.16. The number of phenols is 1. The summed E-state index contributed by atoms with van der Waals surface area (Å²) >= 11 is 5.86. The SMILES string of the molecule is Oc1ccc(Cl)cc1CNCC1CCC1. The molecule has 0 spiro atoms. The van der Waals surface area contributed by atoms with Gasteiger partial charge in [-0.2, -0.15) is 0 Å². The van der Waals surface area contributed by atoms with Crippen molar-refractivity contribution in [3.8, 4) is 5.75 Å². The number of hydrogen-bond donors (Lipinski definition) is 2. The van der Waals surface area contributed by atoms with Gasteiger partial charge in [0, 0.05) is 17.1 Å². The topological polar surface area (TPSA) is 32.3 Å². The van der Waals surface area contributed by atoms with E-state index in [0.717, 1.165) is 18.0 Å². The maximum absolute atomic E-state index is 9.57. The van der Waals surface area contributed by atoms with Crippen molar-refractivity contribution in [2.24, 2.45) is 5.92 Å². The number of halogens is 1. The van der Waals surface area contributed by atoms with Gasteiger partial charge in [0.15, 0.2) is 0 Å². The van der Waals surface area contributed by atoms with Crippen molar-refractivity contribution in [3.05, 3.63) is 28.8 Å². The molecule has 1 saturated carbocycles. The van der Waals surface area contributed by atoms with Crippen LogP contribution in [0.4, 0.5) is 0 Å². The van der Waals surface area contributed by atoms with Crippen LogP contribution >= 0.6 is 11.6 Å². The van der Waals surface area contributed by atoms with E-state index in [4.69, 9.17) is 11.6 Å². The van der Waals surface area contributed by atoms with Crippen LogP contribution in [0.25, 0.3) is 0 Å². The molecule has 0 atom stereocenters. The molecule has 0 radical (unpaired) electrons. The van der Waals surface area contributed by atoms with E-state index in [2.05, 4.69) is 5.32 Å². The number of rotatable bonds is 4. The van der Waals surface area contributed by atoms with E-state index < -0.39 is 0 Å². The van der Waals surface area contributed by atoms with Crippen LogP contribution in [-0.2, 0) is 6.54 Å². The molecule has 2 N–H and O–H groups in total. The summed E-state index contributed by atoms with van der Waals surface area (Å²) < 4.78 is 0. The summed E-state index contributed by atoms with van der Waals surface area (Å²) in [7, 11) is 0. The maximum Gasteiger partial charge on any atom is 0.120 e. The summed E-state index contributed by atoms with van der Waals surface area (Å²) in [6, 6.07) is 5.15. The summed E-state index contributed by atoms with van der Waals surface area (Å²) in [6.45, 7) is 1.74. The molecule has 0 amide bonds. The fourth-order valence-electron chi connectivity index (χ4n) is 1.80. The lowest BCUT2D eigenvalue weighted by atomic mass is 9.85. The van der Waals surface area contributed by atoms with Gasteiger partial charge in [-0.1, -0.05) is 18.0 Å². The van der Waals surface area contributed by atoms with Crippen LogP contribution in [0.1, 0.15) is 24.8 Å². The van der Waals surface area contributed by atoms with Gasteiger partial charge in [0.05, 0.1) is 0 Å². The fourth-order valence-corrected chi connectivity index (χ4v) is 2.00. The zero-order valence-electron chi connectivity index (χ0n) is 8.67. The molecule has 2 rings (SSSR count). The largest absolute Gasteiger partial charge is 0.508 e. The van der Waals surface area contributed by atoms with Crippen molar-refractivity contribution in [3.63, 3.8) is 0 Å². The van der Waals surface area contributed by atoms with Gasteiger partial charge in [-0.15, -0.1) is 0 Å². The lowest BCUT2D eigenvalue weighted by Gasteiger charge is -2.25. The lowest BCUT2D eigenvalue weighted by Crippen LogP contribution is -2.26. The molecule has 2 nitrogen and oxygen atoms in total. The van der Waals surface area contributed by atoms with E-state index in [0.29, 0.717) is 17.3 Å². The minimum atomic E-state index is 0.320. The molecule has 0 heterocycles. The predicted molar refractivity (Wildman–Crippen MR) is 62.2 cm³/mol. The van der Waals surface area contributed by atoms with Crippen LogP contribution in [0.3, 0.4) is 0 Å². The van der Waals surface area contributed by atoms with Crippen LogP contribution in [0, 0.1) is 5.92 Å². The molecule has 3 heteroatoms. The van der Waals surface area contributed by atoms with Crippen molar-refractivity contribution in [1.82, 2.24) is 5.32 Å². The van der Waals surface area contributed by atoms with Gasteiger partial charge < -0.3 is 10.4 Å². The van der Waals surface area contributed by atoms with Crippen LogP contribution < -0.4 is 5.32 Å². The van der Waals surface area contributed by atoms with Crippen molar-refractivity contribution < 1.29 is 5.11 Å². The summed E-state index contributed by atoms with van der Waals surface area (Å²) in [4.78, 5) is 0. The minimum absolute atomic E-state index is 0.320. The Bertz CT molecular complexity index is 336. The first kappa shape index (κ1) is 10.8. The monoisotopic (exact) mass is 225 g/mol. The van der Waals surface area contributed by atoms with E-state index in [1.807, 2.05) is 6.07 Å². The molecule has 1 fully saturated rings. The Morgan fingerprint density at radius 3 is 2.87 bits per heavy atom. The van der Waals surface area contributed by atoms with Gasteiger partial charge in [-0.3, -0.25) is 0 Å². The molecule has 15 heavy (non-hydrogen) atoms. The van der Waals surface area contributed by atoms with Crippen LogP contribution in [0.5, 0.6) is 5.75 Å². The second-order valence-corrected chi connectivity index (χ2v) is 4.64. The number of phenolic OH excluding ortho intramolecular Hbond substituents is 1.